The van der Waals surface area contributed by atoms with Crippen molar-refractivity contribution >= 4 is 11.9 Å². The zero-order valence-corrected chi connectivity index (χ0v) is 25.6. The Hall–Kier alpha value is -3.42. The first kappa shape index (κ1) is 30.1. The Kier molecular flexibility index (Phi) is 9.49. The number of likely N-dealkylation sites (N-methyl/N-ethyl adjacent to an activating group) is 1. The number of hydrogen-bond acceptors (Lipinski definition) is 9. The Labute approximate surface area is 250 Å². The molecule has 42 heavy (non-hydrogen) atoms. The number of piperazine rings is 1. The van der Waals surface area contributed by atoms with Crippen LogP contribution in [0.5, 0.6) is 6.01 Å². The minimum atomic E-state index is -0.597. The molecule has 0 spiro atoms. The number of carbonyl (C=O) groups excluding carboxylic acids is 1. The van der Waals surface area contributed by atoms with Crippen LogP contribution in [0.1, 0.15) is 56.9 Å². The molecule has 0 aliphatic carbocycles. The van der Waals surface area contributed by atoms with Crippen LogP contribution in [0.4, 0.5) is 10.6 Å². The second-order valence-electron chi connectivity index (χ2n) is 12.7. The maximum Gasteiger partial charge on any atom is 0.410 e. The Morgan fingerprint density at radius 1 is 1.05 bits per heavy atom. The van der Waals surface area contributed by atoms with E-state index in [9.17, 15) is 10.1 Å². The minimum Gasteiger partial charge on any atom is -0.462 e. The number of aromatic nitrogens is 2. The maximum atomic E-state index is 13.0. The summed E-state index contributed by atoms with van der Waals surface area (Å²) in [5.41, 5.74) is 2.90. The van der Waals surface area contributed by atoms with Crippen LogP contribution in [0.2, 0.25) is 0 Å². The zero-order chi connectivity index (χ0) is 29.7. The summed E-state index contributed by atoms with van der Waals surface area (Å²) in [7, 11) is 2.14. The van der Waals surface area contributed by atoms with Gasteiger partial charge in [-0.1, -0.05) is 30.3 Å². The van der Waals surface area contributed by atoms with Crippen LogP contribution in [0, 0.1) is 11.3 Å². The van der Waals surface area contributed by atoms with Gasteiger partial charge in [-0.25, -0.2) is 4.79 Å². The normalized spacial score (nSPS) is 21.9. The number of amides is 1. The Balaban J connectivity index is 1.38. The number of hydrogen-bond donors (Lipinski definition) is 0. The first-order valence-corrected chi connectivity index (χ1v) is 15.3. The van der Waals surface area contributed by atoms with E-state index in [2.05, 4.69) is 58.1 Å². The van der Waals surface area contributed by atoms with E-state index >= 15 is 0 Å². The highest BCUT2D eigenvalue weighted by Gasteiger charge is 2.35. The number of likely N-dealkylation sites (tertiary alicyclic amines) is 1. The van der Waals surface area contributed by atoms with Crippen LogP contribution >= 0.6 is 0 Å². The summed E-state index contributed by atoms with van der Waals surface area (Å²) in [5.74, 6) is 0.878. The van der Waals surface area contributed by atoms with E-state index in [1.54, 1.807) is 4.90 Å². The Morgan fingerprint density at radius 3 is 2.55 bits per heavy atom. The van der Waals surface area contributed by atoms with Gasteiger partial charge in [0.2, 0.25) is 0 Å². The summed E-state index contributed by atoms with van der Waals surface area (Å²) >= 11 is 0. The highest BCUT2D eigenvalue weighted by molar-refractivity contribution is 5.69. The Bertz CT molecular complexity index is 1260. The average molecular weight is 576 g/mol. The second kappa shape index (κ2) is 13.3. The third-order valence-corrected chi connectivity index (χ3v) is 8.46. The molecule has 0 bridgehead atoms. The van der Waals surface area contributed by atoms with Crippen molar-refractivity contribution in [3.05, 3.63) is 47.2 Å². The fraction of sp³-hybridized carbons (Fsp3) is 0.625. The van der Waals surface area contributed by atoms with E-state index in [4.69, 9.17) is 19.4 Å². The van der Waals surface area contributed by atoms with Crippen molar-refractivity contribution in [3.8, 4) is 12.1 Å². The van der Waals surface area contributed by atoms with Gasteiger partial charge in [0, 0.05) is 57.3 Å². The minimum absolute atomic E-state index is 0.227. The molecule has 0 unspecified atom stereocenters. The molecule has 2 aromatic rings. The summed E-state index contributed by atoms with van der Waals surface area (Å²) in [6.45, 7) is 11.5. The summed E-state index contributed by atoms with van der Waals surface area (Å²) in [6.07, 6.45) is 3.80. The molecule has 1 amide bonds. The van der Waals surface area contributed by atoms with Gasteiger partial charge in [-0.3, -0.25) is 4.90 Å². The van der Waals surface area contributed by atoms with E-state index < -0.39 is 5.60 Å². The van der Waals surface area contributed by atoms with Crippen LogP contribution in [-0.4, -0.2) is 101 Å². The van der Waals surface area contributed by atoms with Crippen LogP contribution < -0.4 is 9.64 Å². The molecule has 0 N–H and O–H groups in total. The number of carbonyl (C=O) groups is 1. The number of benzene rings is 1. The molecule has 226 valence electrons. The van der Waals surface area contributed by atoms with Crippen molar-refractivity contribution in [3.63, 3.8) is 0 Å². The fourth-order valence-electron chi connectivity index (χ4n) is 6.18. The second-order valence-corrected chi connectivity index (χ2v) is 12.7. The SMILES string of the molecule is CN1CCC[C@H]1COc1nc2c(c(N3CCN(C(=O)OC(C)(C)C)[C@H](CC#N)C3)n1)CCN(Cc1ccccc1)CC2. The van der Waals surface area contributed by atoms with E-state index in [0.29, 0.717) is 38.3 Å². The smallest absolute Gasteiger partial charge is 0.410 e. The summed E-state index contributed by atoms with van der Waals surface area (Å²) in [6, 6.07) is 13.4. The van der Waals surface area contributed by atoms with Gasteiger partial charge in [0.1, 0.15) is 18.0 Å². The summed E-state index contributed by atoms with van der Waals surface area (Å²) in [4.78, 5) is 31.7. The number of ether oxygens (including phenoxy) is 2. The van der Waals surface area contributed by atoms with Gasteiger partial charge in [-0.15, -0.1) is 0 Å². The number of fused-ring (bicyclic) bond motifs is 1. The fourth-order valence-corrected chi connectivity index (χ4v) is 6.18. The van der Waals surface area contributed by atoms with Crippen molar-refractivity contribution in [2.24, 2.45) is 0 Å². The number of nitrogens with zero attached hydrogens (tertiary/aromatic N) is 7. The number of rotatable bonds is 7. The van der Waals surface area contributed by atoms with Gasteiger partial charge >= 0.3 is 12.1 Å². The van der Waals surface area contributed by atoms with E-state index in [1.165, 1.54) is 12.0 Å². The lowest BCUT2D eigenvalue weighted by atomic mass is 10.1. The van der Waals surface area contributed by atoms with Gasteiger partial charge in [0.25, 0.3) is 0 Å². The molecule has 0 saturated carbocycles. The van der Waals surface area contributed by atoms with Crippen molar-refractivity contribution in [2.45, 2.75) is 77.1 Å². The van der Waals surface area contributed by atoms with Gasteiger partial charge in [0.15, 0.2) is 0 Å². The maximum absolute atomic E-state index is 13.0. The van der Waals surface area contributed by atoms with E-state index in [-0.39, 0.29) is 18.6 Å². The molecule has 2 saturated heterocycles. The molecule has 10 nitrogen and oxygen atoms in total. The van der Waals surface area contributed by atoms with Crippen LogP contribution in [0.15, 0.2) is 30.3 Å². The molecule has 1 aromatic carbocycles. The zero-order valence-electron chi connectivity index (χ0n) is 25.6. The molecule has 4 heterocycles. The van der Waals surface area contributed by atoms with Crippen molar-refractivity contribution < 1.29 is 14.3 Å². The van der Waals surface area contributed by atoms with Gasteiger partial charge < -0.3 is 24.2 Å². The summed E-state index contributed by atoms with van der Waals surface area (Å²) < 4.78 is 11.9. The lowest BCUT2D eigenvalue weighted by molar-refractivity contribution is 0.0144. The Morgan fingerprint density at radius 2 is 1.83 bits per heavy atom. The third kappa shape index (κ3) is 7.50. The van der Waals surface area contributed by atoms with Crippen LogP contribution in [0.3, 0.4) is 0 Å². The highest BCUT2D eigenvalue weighted by Crippen LogP contribution is 2.30. The summed E-state index contributed by atoms with van der Waals surface area (Å²) in [5, 5.41) is 9.62. The predicted octanol–water partition coefficient (Wildman–Crippen LogP) is 3.89. The topological polar surface area (TPSA) is 98.1 Å². The standard InChI is InChI=1S/C32H45N7O3/c1-32(2,3)42-31(40)39-20-19-38(22-25(39)12-15-33)29-27-13-17-37(21-24-9-6-5-7-10-24)18-14-28(27)34-30(35-29)41-23-26-11-8-16-36(26)4/h5-7,9-10,25-26H,8,11-14,16-23H2,1-4H3/t25-,26+/m1/s1. The number of nitriles is 1. The van der Waals surface area contributed by atoms with Crippen molar-refractivity contribution in [2.75, 3.05) is 57.8 Å². The van der Waals surface area contributed by atoms with Crippen molar-refractivity contribution in [1.82, 2.24) is 24.7 Å². The molecule has 2 fully saturated rings. The first-order chi connectivity index (χ1) is 20.2. The predicted molar refractivity (Wildman–Crippen MR) is 161 cm³/mol. The van der Waals surface area contributed by atoms with E-state index in [0.717, 1.165) is 62.5 Å². The van der Waals surface area contributed by atoms with Crippen LogP contribution in [0.25, 0.3) is 0 Å². The lowest BCUT2D eigenvalue weighted by Gasteiger charge is -2.42. The highest BCUT2D eigenvalue weighted by atomic mass is 16.6. The molecule has 3 aliphatic heterocycles. The van der Waals surface area contributed by atoms with E-state index in [1.807, 2.05) is 20.8 Å². The lowest BCUT2D eigenvalue weighted by Crippen LogP contribution is -2.56. The monoisotopic (exact) mass is 575 g/mol. The molecule has 10 heteroatoms. The quantitative estimate of drug-likeness (QED) is 0.487. The molecular weight excluding hydrogens is 530 g/mol. The third-order valence-electron chi connectivity index (χ3n) is 8.46. The molecule has 1 aromatic heterocycles. The molecular formula is C32H45N7O3. The average Bonchev–Trinajstić information content (AvgIpc) is 3.26. The van der Waals surface area contributed by atoms with Gasteiger partial charge in [-0.2, -0.15) is 15.2 Å². The van der Waals surface area contributed by atoms with Crippen LogP contribution in [-0.2, 0) is 24.1 Å². The van der Waals surface area contributed by atoms with Gasteiger partial charge in [-0.05, 0) is 59.2 Å². The van der Waals surface area contributed by atoms with Gasteiger partial charge in [0.05, 0.1) is 24.2 Å². The molecule has 3 aliphatic rings. The molecule has 2 atom stereocenters. The number of anilines is 1. The molecule has 5 rings (SSSR count). The first-order valence-electron chi connectivity index (χ1n) is 15.3. The largest absolute Gasteiger partial charge is 0.462 e. The molecule has 0 radical (unpaired) electrons. The van der Waals surface area contributed by atoms with Crippen molar-refractivity contribution in [1.29, 1.82) is 5.26 Å².